The van der Waals surface area contributed by atoms with Crippen LogP contribution in [-0.2, 0) is 6.42 Å². The molecule has 0 saturated carbocycles. The summed E-state index contributed by atoms with van der Waals surface area (Å²) in [5.41, 5.74) is 5.07. The summed E-state index contributed by atoms with van der Waals surface area (Å²) in [7, 11) is 0. The number of hydrogen-bond acceptors (Lipinski definition) is 1. The van der Waals surface area contributed by atoms with Crippen molar-refractivity contribution in [2.24, 2.45) is 0 Å². The lowest BCUT2D eigenvalue weighted by atomic mass is 10.0. The van der Waals surface area contributed by atoms with Gasteiger partial charge in [-0.15, -0.1) is 0 Å². The molecule has 0 aliphatic rings. The molecule has 0 saturated heterocycles. The van der Waals surface area contributed by atoms with E-state index in [1.165, 1.54) is 22.3 Å². The monoisotopic (exact) mass is 226 g/mol. The first-order valence-corrected chi connectivity index (χ1v) is 6.06. The van der Waals surface area contributed by atoms with Crippen LogP contribution in [0, 0.1) is 6.92 Å². The minimum Gasteiger partial charge on any atom is -0.396 e. The van der Waals surface area contributed by atoms with Crippen LogP contribution in [0.15, 0.2) is 48.5 Å². The maximum absolute atomic E-state index is 8.79. The minimum atomic E-state index is 0.264. The second-order valence-corrected chi connectivity index (χ2v) is 4.39. The average Bonchev–Trinajstić information content (AvgIpc) is 2.38. The summed E-state index contributed by atoms with van der Waals surface area (Å²) in [6, 6.07) is 17.2. The zero-order valence-corrected chi connectivity index (χ0v) is 10.2. The summed E-state index contributed by atoms with van der Waals surface area (Å²) in [6.45, 7) is 2.36. The summed E-state index contributed by atoms with van der Waals surface area (Å²) in [6.07, 6.45) is 1.79. The molecule has 0 radical (unpaired) electrons. The quantitative estimate of drug-likeness (QED) is 0.844. The van der Waals surface area contributed by atoms with E-state index in [9.17, 15) is 0 Å². The fourth-order valence-electron chi connectivity index (χ4n) is 1.89. The highest BCUT2D eigenvalue weighted by Gasteiger charge is 1.98. The van der Waals surface area contributed by atoms with Crippen LogP contribution < -0.4 is 0 Å². The van der Waals surface area contributed by atoms with Gasteiger partial charge in [-0.3, -0.25) is 0 Å². The van der Waals surface area contributed by atoms with Crippen molar-refractivity contribution in [2.45, 2.75) is 19.8 Å². The van der Waals surface area contributed by atoms with Crippen LogP contribution in [0.1, 0.15) is 17.5 Å². The molecule has 2 aromatic rings. The van der Waals surface area contributed by atoms with Gasteiger partial charge >= 0.3 is 0 Å². The topological polar surface area (TPSA) is 20.2 Å². The predicted molar refractivity (Wildman–Crippen MR) is 72.0 cm³/mol. The summed E-state index contributed by atoms with van der Waals surface area (Å²) in [5.74, 6) is 0. The number of benzene rings is 2. The molecule has 1 heteroatoms. The molecule has 1 N–H and O–H groups in total. The molecule has 0 atom stereocenters. The molecule has 0 heterocycles. The van der Waals surface area contributed by atoms with Crippen LogP contribution in [0.25, 0.3) is 11.1 Å². The fourth-order valence-corrected chi connectivity index (χ4v) is 1.89. The molecule has 2 rings (SSSR count). The van der Waals surface area contributed by atoms with Gasteiger partial charge in [-0.1, -0.05) is 54.1 Å². The van der Waals surface area contributed by atoms with Crippen molar-refractivity contribution in [3.63, 3.8) is 0 Å². The Balaban J connectivity index is 2.14. The molecule has 1 nitrogen and oxygen atoms in total. The molecule has 17 heavy (non-hydrogen) atoms. The normalized spacial score (nSPS) is 10.5. The van der Waals surface area contributed by atoms with Gasteiger partial charge in [-0.25, -0.2) is 0 Å². The van der Waals surface area contributed by atoms with Crippen LogP contribution >= 0.6 is 0 Å². The summed E-state index contributed by atoms with van der Waals surface area (Å²) >= 11 is 0. The van der Waals surface area contributed by atoms with Gasteiger partial charge in [0.1, 0.15) is 0 Å². The second-order valence-electron chi connectivity index (χ2n) is 4.39. The van der Waals surface area contributed by atoms with Gasteiger partial charge in [-0.2, -0.15) is 0 Å². The van der Waals surface area contributed by atoms with E-state index in [2.05, 4.69) is 55.5 Å². The lowest BCUT2D eigenvalue weighted by molar-refractivity contribution is 0.288. The fraction of sp³-hybridized carbons (Fsp3) is 0.250. The molecular weight excluding hydrogens is 208 g/mol. The molecule has 88 valence electrons. The summed E-state index contributed by atoms with van der Waals surface area (Å²) < 4.78 is 0. The molecule has 0 amide bonds. The van der Waals surface area contributed by atoms with Crippen LogP contribution in [0.5, 0.6) is 0 Å². The number of rotatable bonds is 4. The number of aliphatic hydroxyl groups is 1. The molecule has 0 aliphatic carbocycles. The Bertz CT molecular complexity index is 454. The van der Waals surface area contributed by atoms with Crippen molar-refractivity contribution in [2.75, 3.05) is 6.61 Å². The minimum absolute atomic E-state index is 0.264. The molecular formula is C16H18O. The van der Waals surface area contributed by atoms with E-state index in [4.69, 9.17) is 5.11 Å². The van der Waals surface area contributed by atoms with E-state index >= 15 is 0 Å². The molecule has 0 bridgehead atoms. The van der Waals surface area contributed by atoms with Crippen molar-refractivity contribution in [3.8, 4) is 11.1 Å². The Labute approximate surface area is 103 Å². The van der Waals surface area contributed by atoms with Crippen molar-refractivity contribution in [1.82, 2.24) is 0 Å². The van der Waals surface area contributed by atoms with Gasteiger partial charge in [0.05, 0.1) is 0 Å². The standard InChI is InChI=1S/C16H18O/c1-13-4-8-15(9-5-13)16-10-6-14(7-11-16)3-2-12-17/h4-11,17H,2-3,12H2,1H3. The lowest BCUT2D eigenvalue weighted by Crippen LogP contribution is -1.89. The molecule has 0 fully saturated rings. The van der Waals surface area contributed by atoms with Gasteiger partial charge in [0.2, 0.25) is 0 Å². The molecule has 0 spiro atoms. The third-order valence-electron chi connectivity index (χ3n) is 2.96. The van der Waals surface area contributed by atoms with E-state index in [1.54, 1.807) is 0 Å². The maximum Gasteiger partial charge on any atom is 0.0434 e. The first-order valence-electron chi connectivity index (χ1n) is 6.06. The SMILES string of the molecule is Cc1ccc(-c2ccc(CCCO)cc2)cc1. The van der Waals surface area contributed by atoms with Gasteiger partial charge in [0, 0.05) is 6.61 Å². The Hall–Kier alpha value is -1.60. The Kier molecular flexibility index (Phi) is 3.94. The predicted octanol–water partition coefficient (Wildman–Crippen LogP) is 3.59. The van der Waals surface area contributed by atoms with Crippen molar-refractivity contribution >= 4 is 0 Å². The number of aryl methyl sites for hydroxylation is 2. The smallest absolute Gasteiger partial charge is 0.0434 e. The van der Waals surface area contributed by atoms with Crippen LogP contribution in [-0.4, -0.2) is 11.7 Å². The number of aliphatic hydroxyl groups excluding tert-OH is 1. The van der Waals surface area contributed by atoms with E-state index in [0.717, 1.165) is 12.8 Å². The summed E-state index contributed by atoms with van der Waals surface area (Å²) in [4.78, 5) is 0. The number of hydrogen-bond donors (Lipinski definition) is 1. The highest BCUT2D eigenvalue weighted by atomic mass is 16.2. The highest BCUT2D eigenvalue weighted by Crippen LogP contribution is 2.20. The first-order chi connectivity index (χ1) is 8.29. The zero-order valence-electron chi connectivity index (χ0n) is 10.2. The molecule has 2 aromatic carbocycles. The molecule has 0 unspecified atom stereocenters. The largest absolute Gasteiger partial charge is 0.396 e. The Morgan fingerprint density at radius 1 is 0.824 bits per heavy atom. The highest BCUT2D eigenvalue weighted by molar-refractivity contribution is 5.63. The van der Waals surface area contributed by atoms with Crippen molar-refractivity contribution in [3.05, 3.63) is 59.7 Å². The molecule has 0 aliphatic heterocycles. The van der Waals surface area contributed by atoms with Crippen LogP contribution in [0.2, 0.25) is 0 Å². The molecule has 0 aromatic heterocycles. The summed E-state index contributed by atoms with van der Waals surface area (Å²) in [5, 5.41) is 8.79. The van der Waals surface area contributed by atoms with Gasteiger partial charge in [0.25, 0.3) is 0 Å². The Morgan fingerprint density at radius 2 is 1.35 bits per heavy atom. The van der Waals surface area contributed by atoms with Gasteiger partial charge < -0.3 is 5.11 Å². The van der Waals surface area contributed by atoms with Crippen molar-refractivity contribution in [1.29, 1.82) is 0 Å². The Morgan fingerprint density at radius 3 is 1.88 bits per heavy atom. The second kappa shape index (κ2) is 5.65. The first kappa shape index (κ1) is 11.9. The zero-order chi connectivity index (χ0) is 12.1. The van der Waals surface area contributed by atoms with Crippen molar-refractivity contribution < 1.29 is 5.11 Å². The lowest BCUT2D eigenvalue weighted by Gasteiger charge is -2.04. The van der Waals surface area contributed by atoms with E-state index in [1.807, 2.05) is 0 Å². The van der Waals surface area contributed by atoms with Gasteiger partial charge in [0.15, 0.2) is 0 Å². The van der Waals surface area contributed by atoms with Crippen LogP contribution in [0.3, 0.4) is 0 Å². The van der Waals surface area contributed by atoms with E-state index < -0.39 is 0 Å². The van der Waals surface area contributed by atoms with E-state index in [-0.39, 0.29) is 6.61 Å². The maximum atomic E-state index is 8.79. The third kappa shape index (κ3) is 3.18. The van der Waals surface area contributed by atoms with Crippen LogP contribution in [0.4, 0.5) is 0 Å². The third-order valence-corrected chi connectivity index (χ3v) is 2.96. The average molecular weight is 226 g/mol. The van der Waals surface area contributed by atoms with Gasteiger partial charge in [-0.05, 0) is 36.5 Å². The van der Waals surface area contributed by atoms with E-state index in [0.29, 0.717) is 0 Å².